The summed E-state index contributed by atoms with van der Waals surface area (Å²) >= 11 is 0. The van der Waals surface area contributed by atoms with Crippen LogP contribution in [0.5, 0.6) is 0 Å². The van der Waals surface area contributed by atoms with Crippen molar-refractivity contribution >= 4 is 23.5 Å². The number of aromatic nitrogens is 1. The van der Waals surface area contributed by atoms with Crippen LogP contribution in [0.2, 0.25) is 0 Å². The molecule has 1 atom stereocenters. The maximum atomic E-state index is 14.5. The zero-order chi connectivity index (χ0) is 17.3. The molecule has 2 amide bonds. The van der Waals surface area contributed by atoms with Gasteiger partial charge in [0, 0.05) is 39.1 Å². The number of amides is 2. The van der Waals surface area contributed by atoms with Gasteiger partial charge in [0.05, 0.1) is 5.56 Å². The Bertz CT molecular complexity index is 666. The molecule has 0 spiro atoms. The largest absolute Gasteiger partial charge is 0.372 e. The highest BCUT2D eigenvalue weighted by Crippen LogP contribution is 2.28. The minimum absolute atomic E-state index is 0.0297. The van der Waals surface area contributed by atoms with Crippen LogP contribution in [0.25, 0.3) is 0 Å². The van der Waals surface area contributed by atoms with Crippen molar-refractivity contribution in [2.45, 2.75) is 31.7 Å². The lowest BCUT2D eigenvalue weighted by Gasteiger charge is -2.38. The Morgan fingerprint density at radius 3 is 2.83 bits per heavy atom. The quantitative estimate of drug-likeness (QED) is 0.855. The lowest BCUT2D eigenvalue weighted by Crippen LogP contribution is -2.49. The highest BCUT2D eigenvalue weighted by Gasteiger charge is 2.32. The molecule has 2 aliphatic heterocycles. The van der Waals surface area contributed by atoms with Gasteiger partial charge in [-0.2, -0.15) is 0 Å². The van der Waals surface area contributed by atoms with E-state index in [4.69, 9.17) is 5.73 Å². The summed E-state index contributed by atoms with van der Waals surface area (Å²) in [6.07, 6.45) is 3.27. The second-order valence-electron chi connectivity index (χ2n) is 6.24. The van der Waals surface area contributed by atoms with Gasteiger partial charge < -0.3 is 20.9 Å². The smallest absolute Gasteiger partial charge is 0.252 e. The molecule has 0 radical (unpaired) electrons. The third kappa shape index (κ3) is 3.00. The lowest BCUT2D eigenvalue weighted by atomic mass is 10.0. The summed E-state index contributed by atoms with van der Waals surface area (Å²) in [4.78, 5) is 31.4. The number of nitrogens with one attached hydrogen (secondary N) is 1. The van der Waals surface area contributed by atoms with Gasteiger partial charge in [0.15, 0.2) is 11.6 Å². The number of piperidine rings is 1. The Hall–Kier alpha value is -2.38. The van der Waals surface area contributed by atoms with Crippen molar-refractivity contribution in [2.24, 2.45) is 5.73 Å². The van der Waals surface area contributed by atoms with E-state index in [1.54, 1.807) is 7.05 Å². The van der Waals surface area contributed by atoms with E-state index in [1.807, 2.05) is 9.80 Å². The fourth-order valence-corrected chi connectivity index (χ4v) is 3.54. The first kappa shape index (κ1) is 16.5. The lowest BCUT2D eigenvalue weighted by molar-refractivity contribution is -0.129. The fourth-order valence-electron chi connectivity index (χ4n) is 3.54. The van der Waals surface area contributed by atoms with E-state index in [9.17, 15) is 14.0 Å². The highest BCUT2D eigenvalue weighted by atomic mass is 19.1. The molecular weight excluding hydrogens is 313 g/mol. The van der Waals surface area contributed by atoms with E-state index in [-0.39, 0.29) is 29.1 Å². The predicted octanol–water partition coefficient (Wildman–Crippen LogP) is 0.952. The van der Waals surface area contributed by atoms with E-state index in [0.29, 0.717) is 19.5 Å². The fraction of sp³-hybridized carbons (Fsp3) is 0.562. The summed E-state index contributed by atoms with van der Waals surface area (Å²) in [7, 11) is 1.61. The average molecular weight is 335 g/mol. The monoisotopic (exact) mass is 335 g/mol. The number of pyridine rings is 1. The number of carbonyl (C=O) groups excluding carboxylic acids is 2. The third-order valence-corrected chi connectivity index (χ3v) is 4.71. The van der Waals surface area contributed by atoms with Crippen molar-refractivity contribution in [1.29, 1.82) is 0 Å². The standard InChI is InChI=1S/C16H22FN5O2/c1-19-15-11(14(18)24)8-12(17)16(20-15)21-6-2-4-10(9-21)22-7-3-5-13(22)23/h8,10H,2-7,9H2,1H3,(H2,18,24)(H,19,20)/t10-/m1/s1. The van der Waals surface area contributed by atoms with Crippen molar-refractivity contribution in [3.05, 3.63) is 17.4 Å². The van der Waals surface area contributed by atoms with Crippen LogP contribution in [0, 0.1) is 5.82 Å². The molecule has 3 rings (SSSR count). The number of likely N-dealkylation sites (tertiary alicyclic amines) is 1. The molecule has 2 fully saturated rings. The number of anilines is 2. The molecule has 2 saturated heterocycles. The topological polar surface area (TPSA) is 91.6 Å². The van der Waals surface area contributed by atoms with Crippen molar-refractivity contribution < 1.29 is 14.0 Å². The van der Waals surface area contributed by atoms with Gasteiger partial charge in [0.2, 0.25) is 5.91 Å². The number of primary amides is 1. The van der Waals surface area contributed by atoms with E-state index >= 15 is 0 Å². The van der Waals surface area contributed by atoms with Crippen LogP contribution in [-0.2, 0) is 4.79 Å². The van der Waals surface area contributed by atoms with Gasteiger partial charge in [-0.05, 0) is 25.3 Å². The maximum absolute atomic E-state index is 14.5. The highest BCUT2D eigenvalue weighted by molar-refractivity contribution is 5.97. The SMILES string of the molecule is CNc1nc(N2CCC[C@@H](N3CCCC3=O)C2)c(F)cc1C(N)=O. The van der Waals surface area contributed by atoms with Crippen LogP contribution in [0.15, 0.2) is 6.07 Å². The normalized spacial score (nSPS) is 21.2. The molecule has 3 N–H and O–H groups in total. The number of halogens is 1. The molecule has 1 aromatic heterocycles. The zero-order valence-corrected chi connectivity index (χ0v) is 13.7. The van der Waals surface area contributed by atoms with Gasteiger partial charge in [-0.25, -0.2) is 9.37 Å². The Morgan fingerprint density at radius 1 is 1.42 bits per heavy atom. The Balaban J connectivity index is 1.85. The Labute approximate surface area is 140 Å². The minimum atomic E-state index is -0.725. The van der Waals surface area contributed by atoms with Crippen LogP contribution in [0.3, 0.4) is 0 Å². The predicted molar refractivity (Wildman–Crippen MR) is 88.4 cm³/mol. The summed E-state index contributed by atoms with van der Waals surface area (Å²) in [6.45, 7) is 1.99. The molecule has 0 aliphatic carbocycles. The molecule has 0 saturated carbocycles. The number of hydrogen-bond acceptors (Lipinski definition) is 5. The number of rotatable bonds is 4. The number of nitrogens with two attached hydrogens (primary N) is 1. The molecular formula is C16H22FN5O2. The Morgan fingerprint density at radius 2 is 2.21 bits per heavy atom. The zero-order valence-electron chi connectivity index (χ0n) is 13.7. The summed E-state index contributed by atoms with van der Waals surface area (Å²) in [5.41, 5.74) is 5.29. The molecule has 8 heteroatoms. The third-order valence-electron chi connectivity index (χ3n) is 4.71. The minimum Gasteiger partial charge on any atom is -0.372 e. The first-order valence-electron chi connectivity index (χ1n) is 8.23. The second-order valence-corrected chi connectivity index (χ2v) is 6.24. The van der Waals surface area contributed by atoms with E-state index in [0.717, 1.165) is 31.9 Å². The van der Waals surface area contributed by atoms with Crippen LogP contribution in [0.1, 0.15) is 36.0 Å². The second kappa shape index (κ2) is 6.62. The molecule has 3 heterocycles. The molecule has 7 nitrogen and oxygen atoms in total. The van der Waals surface area contributed by atoms with Gasteiger partial charge >= 0.3 is 0 Å². The summed E-state index contributed by atoms with van der Waals surface area (Å²) < 4.78 is 14.5. The molecule has 0 bridgehead atoms. The summed E-state index contributed by atoms with van der Waals surface area (Å²) in [6, 6.07) is 1.21. The van der Waals surface area contributed by atoms with Gasteiger partial charge in [-0.15, -0.1) is 0 Å². The summed E-state index contributed by atoms with van der Waals surface area (Å²) in [5, 5.41) is 2.79. The maximum Gasteiger partial charge on any atom is 0.252 e. The van der Waals surface area contributed by atoms with Crippen LogP contribution < -0.4 is 16.0 Å². The number of nitrogens with zero attached hydrogens (tertiary/aromatic N) is 3. The van der Waals surface area contributed by atoms with Crippen LogP contribution in [0.4, 0.5) is 16.0 Å². The molecule has 0 unspecified atom stereocenters. The van der Waals surface area contributed by atoms with E-state index in [1.165, 1.54) is 0 Å². The van der Waals surface area contributed by atoms with Gasteiger partial charge in [0.25, 0.3) is 5.91 Å². The van der Waals surface area contributed by atoms with Gasteiger partial charge in [-0.1, -0.05) is 0 Å². The van der Waals surface area contributed by atoms with E-state index in [2.05, 4.69) is 10.3 Å². The molecule has 1 aromatic rings. The number of hydrogen-bond donors (Lipinski definition) is 2. The van der Waals surface area contributed by atoms with Crippen LogP contribution >= 0.6 is 0 Å². The summed E-state index contributed by atoms with van der Waals surface area (Å²) in [5.74, 6) is -0.665. The molecule has 130 valence electrons. The number of carbonyl (C=O) groups is 2. The average Bonchev–Trinajstić information content (AvgIpc) is 3.00. The molecule has 0 aromatic carbocycles. The molecule has 24 heavy (non-hydrogen) atoms. The van der Waals surface area contributed by atoms with Crippen molar-refractivity contribution in [3.63, 3.8) is 0 Å². The molecule has 2 aliphatic rings. The first-order chi connectivity index (χ1) is 11.5. The van der Waals surface area contributed by atoms with Crippen molar-refractivity contribution in [3.8, 4) is 0 Å². The van der Waals surface area contributed by atoms with Crippen molar-refractivity contribution in [1.82, 2.24) is 9.88 Å². The van der Waals surface area contributed by atoms with Gasteiger partial charge in [-0.3, -0.25) is 9.59 Å². The van der Waals surface area contributed by atoms with Crippen LogP contribution in [-0.4, -0.2) is 54.4 Å². The first-order valence-corrected chi connectivity index (χ1v) is 8.23. The van der Waals surface area contributed by atoms with Crippen molar-refractivity contribution in [2.75, 3.05) is 36.9 Å². The Kier molecular flexibility index (Phi) is 4.55. The van der Waals surface area contributed by atoms with E-state index < -0.39 is 11.7 Å². The van der Waals surface area contributed by atoms with Gasteiger partial charge in [0.1, 0.15) is 5.82 Å².